The van der Waals surface area contributed by atoms with Crippen molar-refractivity contribution in [2.45, 2.75) is 90.9 Å². The van der Waals surface area contributed by atoms with E-state index in [1.54, 1.807) is 0 Å². The SMILES string of the molecule is CC1c2oncc2CC2(C)C1CCC1(C)C3CCC4(CO)CCCC4C3CCC21. The zero-order chi connectivity index (χ0) is 20.0. The molecule has 4 saturated carbocycles. The molecule has 1 aromatic heterocycles. The van der Waals surface area contributed by atoms with Crippen LogP contribution in [0.5, 0.6) is 0 Å². The Morgan fingerprint density at radius 2 is 1.83 bits per heavy atom. The molecule has 9 unspecified atom stereocenters. The second-order valence-electron chi connectivity index (χ2n) is 12.3. The van der Waals surface area contributed by atoms with E-state index in [2.05, 4.69) is 25.9 Å². The average Bonchev–Trinajstić information content (AvgIpc) is 3.34. The van der Waals surface area contributed by atoms with Crippen LogP contribution in [0.15, 0.2) is 10.7 Å². The summed E-state index contributed by atoms with van der Waals surface area (Å²) in [6.07, 6.45) is 15.4. The Morgan fingerprint density at radius 1 is 1.00 bits per heavy atom. The lowest BCUT2D eigenvalue weighted by molar-refractivity contribution is -0.175. The molecule has 0 amide bonds. The predicted molar refractivity (Wildman–Crippen MR) is 113 cm³/mol. The fraction of sp³-hybridized carbons (Fsp3) is 0.885. The van der Waals surface area contributed by atoms with Crippen molar-refractivity contribution in [3.63, 3.8) is 0 Å². The molecule has 1 N–H and O–H groups in total. The molecule has 5 aliphatic carbocycles. The lowest BCUT2D eigenvalue weighted by Gasteiger charge is -2.67. The van der Waals surface area contributed by atoms with Crippen LogP contribution in [0.4, 0.5) is 0 Å². The van der Waals surface area contributed by atoms with Crippen molar-refractivity contribution in [2.75, 3.05) is 6.61 Å². The van der Waals surface area contributed by atoms with Crippen LogP contribution in [0.2, 0.25) is 0 Å². The summed E-state index contributed by atoms with van der Waals surface area (Å²) in [6, 6.07) is 0. The van der Waals surface area contributed by atoms with Gasteiger partial charge in [0.25, 0.3) is 0 Å². The van der Waals surface area contributed by atoms with Crippen molar-refractivity contribution in [2.24, 2.45) is 45.8 Å². The van der Waals surface area contributed by atoms with Gasteiger partial charge in [0.05, 0.1) is 6.20 Å². The minimum atomic E-state index is 0.280. The molecule has 0 bridgehead atoms. The summed E-state index contributed by atoms with van der Waals surface area (Å²) in [6.45, 7) is 8.15. The first-order valence-corrected chi connectivity index (χ1v) is 12.5. The average molecular weight is 398 g/mol. The van der Waals surface area contributed by atoms with Gasteiger partial charge >= 0.3 is 0 Å². The maximum atomic E-state index is 10.3. The standard InChI is InChI=1S/C26H39NO2/c1-16-19-8-11-24(2)20-9-12-26(15-28)10-4-5-21(26)18(20)6-7-22(24)25(19,3)13-17-14-27-29-23(16)17/h14,16,18-22,28H,4-13,15H2,1-3H3. The number of nitrogens with zero attached hydrogens (tertiary/aromatic N) is 1. The van der Waals surface area contributed by atoms with Crippen LogP contribution in [0, 0.1) is 45.8 Å². The summed E-state index contributed by atoms with van der Waals surface area (Å²) in [7, 11) is 0. The highest BCUT2D eigenvalue weighted by atomic mass is 16.5. The molecule has 3 heteroatoms. The third-order valence-electron chi connectivity index (χ3n) is 11.6. The highest BCUT2D eigenvalue weighted by molar-refractivity contribution is 5.28. The third kappa shape index (κ3) is 2.27. The maximum absolute atomic E-state index is 10.3. The number of aliphatic hydroxyl groups is 1. The molecule has 6 rings (SSSR count). The number of rotatable bonds is 1. The van der Waals surface area contributed by atoms with Gasteiger partial charge in [-0.2, -0.15) is 0 Å². The first-order valence-electron chi connectivity index (χ1n) is 12.5. The number of aliphatic hydroxyl groups excluding tert-OH is 1. The van der Waals surface area contributed by atoms with E-state index in [-0.39, 0.29) is 5.41 Å². The van der Waals surface area contributed by atoms with Crippen LogP contribution in [-0.2, 0) is 6.42 Å². The van der Waals surface area contributed by atoms with E-state index in [0.29, 0.717) is 23.4 Å². The number of hydrogen-bond acceptors (Lipinski definition) is 3. The Kier molecular flexibility index (Phi) is 3.98. The fourth-order valence-electron chi connectivity index (χ4n) is 10.5. The molecular formula is C26H39NO2. The molecule has 1 aromatic rings. The van der Waals surface area contributed by atoms with Crippen LogP contribution in [0.3, 0.4) is 0 Å². The Morgan fingerprint density at radius 3 is 2.66 bits per heavy atom. The zero-order valence-electron chi connectivity index (χ0n) is 18.6. The number of hydrogen-bond donors (Lipinski definition) is 1. The summed E-state index contributed by atoms with van der Waals surface area (Å²) in [5.74, 6) is 5.79. The quantitative estimate of drug-likeness (QED) is 0.635. The van der Waals surface area contributed by atoms with Crippen LogP contribution >= 0.6 is 0 Å². The third-order valence-corrected chi connectivity index (χ3v) is 11.6. The summed E-state index contributed by atoms with van der Waals surface area (Å²) >= 11 is 0. The molecule has 0 saturated heterocycles. The molecule has 1 heterocycles. The summed E-state index contributed by atoms with van der Waals surface area (Å²) in [5.41, 5.74) is 2.54. The summed E-state index contributed by atoms with van der Waals surface area (Å²) in [4.78, 5) is 0. The van der Waals surface area contributed by atoms with Crippen LogP contribution in [-0.4, -0.2) is 16.9 Å². The van der Waals surface area contributed by atoms with Crippen molar-refractivity contribution in [1.82, 2.24) is 5.16 Å². The minimum absolute atomic E-state index is 0.280. The van der Waals surface area contributed by atoms with Crippen molar-refractivity contribution in [3.8, 4) is 0 Å². The molecule has 9 atom stereocenters. The Labute approximate surface area is 176 Å². The monoisotopic (exact) mass is 397 g/mol. The molecule has 5 aliphatic rings. The van der Waals surface area contributed by atoms with Gasteiger partial charge in [0, 0.05) is 18.1 Å². The van der Waals surface area contributed by atoms with E-state index in [0.717, 1.165) is 29.6 Å². The van der Waals surface area contributed by atoms with Gasteiger partial charge < -0.3 is 9.63 Å². The molecule has 3 nitrogen and oxygen atoms in total. The van der Waals surface area contributed by atoms with Gasteiger partial charge in [0.2, 0.25) is 0 Å². The van der Waals surface area contributed by atoms with Crippen LogP contribution in [0.1, 0.15) is 95.8 Å². The second kappa shape index (κ2) is 6.11. The Balaban J connectivity index is 1.36. The molecule has 0 aromatic carbocycles. The molecule has 0 aliphatic heterocycles. The van der Waals surface area contributed by atoms with E-state index in [1.807, 2.05) is 6.20 Å². The molecule has 160 valence electrons. The molecular weight excluding hydrogens is 358 g/mol. The van der Waals surface area contributed by atoms with Gasteiger partial charge in [-0.1, -0.05) is 32.3 Å². The first kappa shape index (κ1) is 18.9. The second-order valence-corrected chi connectivity index (χ2v) is 12.3. The zero-order valence-corrected chi connectivity index (χ0v) is 18.6. The maximum Gasteiger partial charge on any atom is 0.143 e. The van der Waals surface area contributed by atoms with Crippen LogP contribution < -0.4 is 0 Å². The molecule has 29 heavy (non-hydrogen) atoms. The number of aromatic nitrogens is 1. The predicted octanol–water partition coefficient (Wildman–Crippen LogP) is 5.97. The van der Waals surface area contributed by atoms with E-state index in [1.165, 1.54) is 75.5 Å². The van der Waals surface area contributed by atoms with Gasteiger partial charge in [-0.05, 0) is 104 Å². The Hall–Kier alpha value is -0.830. The van der Waals surface area contributed by atoms with Gasteiger partial charge in [0.1, 0.15) is 5.76 Å². The highest BCUT2D eigenvalue weighted by Gasteiger charge is 2.64. The van der Waals surface area contributed by atoms with E-state index < -0.39 is 0 Å². The molecule has 0 radical (unpaired) electrons. The fourth-order valence-corrected chi connectivity index (χ4v) is 10.5. The van der Waals surface area contributed by atoms with E-state index in [4.69, 9.17) is 4.52 Å². The lowest BCUT2D eigenvalue weighted by atomic mass is 9.38. The summed E-state index contributed by atoms with van der Waals surface area (Å²) < 4.78 is 5.71. The highest BCUT2D eigenvalue weighted by Crippen LogP contribution is 2.71. The van der Waals surface area contributed by atoms with Crippen molar-refractivity contribution in [3.05, 3.63) is 17.5 Å². The van der Waals surface area contributed by atoms with Crippen molar-refractivity contribution < 1.29 is 9.63 Å². The molecule has 0 spiro atoms. The molecule has 4 fully saturated rings. The van der Waals surface area contributed by atoms with Gasteiger partial charge in [-0.15, -0.1) is 0 Å². The van der Waals surface area contributed by atoms with E-state index >= 15 is 0 Å². The van der Waals surface area contributed by atoms with E-state index in [9.17, 15) is 5.11 Å². The largest absolute Gasteiger partial charge is 0.396 e. The minimum Gasteiger partial charge on any atom is -0.396 e. The summed E-state index contributed by atoms with van der Waals surface area (Å²) in [5, 5.41) is 14.5. The first-order chi connectivity index (χ1) is 13.9. The van der Waals surface area contributed by atoms with Crippen LogP contribution in [0.25, 0.3) is 0 Å². The smallest absolute Gasteiger partial charge is 0.143 e. The Bertz CT molecular complexity index is 802. The van der Waals surface area contributed by atoms with Crippen molar-refractivity contribution in [1.29, 1.82) is 0 Å². The lowest BCUT2D eigenvalue weighted by Crippen LogP contribution is -2.60. The topological polar surface area (TPSA) is 46.3 Å². The van der Waals surface area contributed by atoms with Crippen molar-refractivity contribution >= 4 is 0 Å². The van der Waals surface area contributed by atoms with Gasteiger partial charge in [-0.25, -0.2) is 0 Å². The normalized spacial score (nSPS) is 53.4. The van der Waals surface area contributed by atoms with Gasteiger partial charge in [0.15, 0.2) is 0 Å². The number of fused-ring (bicyclic) bond motifs is 8. The van der Waals surface area contributed by atoms with Gasteiger partial charge in [-0.3, -0.25) is 0 Å².